The number of benzene rings is 1. The Morgan fingerprint density at radius 2 is 2.06 bits per heavy atom. The number of nitrogens with two attached hydrogens (primary N) is 1. The zero-order valence-corrected chi connectivity index (χ0v) is 12.4. The highest BCUT2D eigenvalue weighted by atomic mass is 79.9. The van der Waals surface area contributed by atoms with Crippen LogP contribution < -0.4 is 5.73 Å². The van der Waals surface area contributed by atoms with E-state index in [4.69, 9.17) is 5.73 Å². The average Bonchev–Trinajstić information content (AvgIpc) is 2.58. The molecule has 3 heteroatoms. The lowest BCUT2D eigenvalue weighted by atomic mass is 9.99. The molecule has 1 unspecified atom stereocenters. The van der Waals surface area contributed by atoms with Crippen molar-refractivity contribution in [1.82, 2.24) is 0 Å². The van der Waals surface area contributed by atoms with E-state index in [-0.39, 0.29) is 6.04 Å². The van der Waals surface area contributed by atoms with Crippen LogP contribution in [0.4, 0.5) is 0 Å². The molecule has 1 nitrogen and oxygen atoms in total. The second kappa shape index (κ2) is 5.34. The SMILES string of the molecule is Cc1cccc(CC(N)c2cc(Br)sc2C)c1. The third kappa shape index (κ3) is 3.18. The van der Waals surface area contributed by atoms with Crippen LogP contribution in [0.15, 0.2) is 34.1 Å². The summed E-state index contributed by atoms with van der Waals surface area (Å²) in [6.07, 6.45) is 0.895. The summed E-state index contributed by atoms with van der Waals surface area (Å²) in [5.74, 6) is 0. The molecule has 0 aliphatic carbocycles. The first-order valence-electron chi connectivity index (χ1n) is 5.63. The van der Waals surface area contributed by atoms with E-state index in [1.54, 1.807) is 11.3 Å². The van der Waals surface area contributed by atoms with Crippen LogP contribution >= 0.6 is 27.3 Å². The van der Waals surface area contributed by atoms with Crippen molar-refractivity contribution in [3.63, 3.8) is 0 Å². The van der Waals surface area contributed by atoms with Crippen LogP contribution in [-0.2, 0) is 6.42 Å². The molecule has 1 aromatic carbocycles. The van der Waals surface area contributed by atoms with Gasteiger partial charge >= 0.3 is 0 Å². The van der Waals surface area contributed by atoms with Gasteiger partial charge in [-0.15, -0.1) is 11.3 Å². The van der Waals surface area contributed by atoms with Crippen molar-refractivity contribution in [2.24, 2.45) is 5.73 Å². The minimum atomic E-state index is 0.0827. The van der Waals surface area contributed by atoms with Gasteiger partial charge in [0.05, 0.1) is 3.79 Å². The van der Waals surface area contributed by atoms with E-state index in [1.165, 1.54) is 21.6 Å². The molecule has 0 fully saturated rings. The summed E-state index contributed by atoms with van der Waals surface area (Å²) >= 11 is 5.26. The Balaban J connectivity index is 2.16. The van der Waals surface area contributed by atoms with Gasteiger partial charge in [-0.05, 0) is 53.4 Å². The summed E-state index contributed by atoms with van der Waals surface area (Å²) in [6, 6.07) is 10.8. The Bertz CT molecular complexity index is 519. The van der Waals surface area contributed by atoms with Crippen molar-refractivity contribution in [3.05, 3.63) is 55.7 Å². The van der Waals surface area contributed by atoms with Crippen molar-refractivity contribution in [3.8, 4) is 0 Å². The summed E-state index contributed by atoms with van der Waals surface area (Å²) in [7, 11) is 0. The van der Waals surface area contributed by atoms with Crippen molar-refractivity contribution < 1.29 is 0 Å². The molecule has 2 N–H and O–H groups in total. The molecule has 0 spiro atoms. The molecule has 1 heterocycles. The van der Waals surface area contributed by atoms with Crippen molar-refractivity contribution in [2.75, 3.05) is 0 Å². The molecule has 2 aromatic rings. The normalized spacial score (nSPS) is 12.7. The zero-order valence-electron chi connectivity index (χ0n) is 10.0. The van der Waals surface area contributed by atoms with Crippen LogP contribution in [0.5, 0.6) is 0 Å². The lowest BCUT2D eigenvalue weighted by molar-refractivity contribution is 0.720. The van der Waals surface area contributed by atoms with E-state index in [9.17, 15) is 0 Å². The number of thiophene rings is 1. The summed E-state index contributed by atoms with van der Waals surface area (Å²) in [5, 5.41) is 0. The Labute approximate surface area is 115 Å². The fraction of sp³-hybridized carbons (Fsp3) is 0.286. The van der Waals surface area contributed by atoms with Gasteiger partial charge in [-0.3, -0.25) is 0 Å². The summed E-state index contributed by atoms with van der Waals surface area (Å²) in [6.45, 7) is 4.24. The predicted octanol–water partition coefficient (Wildman–Crippen LogP) is 4.37. The van der Waals surface area contributed by atoms with Crippen molar-refractivity contribution in [2.45, 2.75) is 26.3 Å². The van der Waals surface area contributed by atoms with Gasteiger partial charge in [0.2, 0.25) is 0 Å². The molecule has 2 rings (SSSR count). The molecule has 0 saturated heterocycles. The Morgan fingerprint density at radius 1 is 1.29 bits per heavy atom. The smallest absolute Gasteiger partial charge is 0.0704 e. The monoisotopic (exact) mass is 309 g/mol. The van der Waals surface area contributed by atoms with Crippen LogP contribution in [0.25, 0.3) is 0 Å². The number of rotatable bonds is 3. The van der Waals surface area contributed by atoms with E-state index < -0.39 is 0 Å². The van der Waals surface area contributed by atoms with Gasteiger partial charge in [0.1, 0.15) is 0 Å². The second-order valence-corrected chi connectivity index (χ2v) is 7.00. The Morgan fingerprint density at radius 3 is 2.65 bits per heavy atom. The number of hydrogen-bond donors (Lipinski definition) is 1. The third-order valence-electron chi connectivity index (χ3n) is 2.86. The van der Waals surface area contributed by atoms with Gasteiger partial charge in [-0.2, -0.15) is 0 Å². The van der Waals surface area contributed by atoms with Gasteiger partial charge in [0, 0.05) is 10.9 Å². The zero-order chi connectivity index (χ0) is 12.4. The van der Waals surface area contributed by atoms with E-state index in [0.717, 1.165) is 10.2 Å². The van der Waals surface area contributed by atoms with Crippen LogP contribution in [0.1, 0.15) is 27.6 Å². The lowest BCUT2D eigenvalue weighted by Crippen LogP contribution is -2.13. The van der Waals surface area contributed by atoms with Crippen LogP contribution in [-0.4, -0.2) is 0 Å². The molecule has 0 aliphatic rings. The van der Waals surface area contributed by atoms with E-state index in [1.807, 2.05) is 0 Å². The van der Waals surface area contributed by atoms with Crippen LogP contribution in [0.3, 0.4) is 0 Å². The first-order chi connectivity index (χ1) is 8.06. The molecule has 0 aliphatic heterocycles. The largest absolute Gasteiger partial charge is 0.324 e. The fourth-order valence-corrected chi connectivity index (χ4v) is 3.81. The molecule has 0 bridgehead atoms. The number of aryl methyl sites for hydroxylation is 2. The standard InChI is InChI=1S/C14H16BrNS/c1-9-4-3-5-11(6-9)7-13(16)12-8-14(15)17-10(12)2/h3-6,8,13H,7,16H2,1-2H3. The highest BCUT2D eigenvalue weighted by Gasteiger charge is 2.12. The molecule has 90 valence electrons. The summed E-state index contributed by atoms with van der Waals surface area (Å²) in [4.78, 5) is 1.30. The first-order valence-corrected chi connectivity index (χ1v) is 7.24. The summed E-state index contributed by atoms with van der Waals surface area (Å²) < 4.78 is 1.16. The summed E-state index contributed by atoms with van der Waals surface area (Å²) in [5.41, 5.74) is 10.1. The second-order valence-electron chi connectivity index (χ2n) is 4.36. The lowest BCUT2D eigenvalue weighted by Gasteiger charge is -2.12. The molecular weight excluding hydrogens is 294 g/mol. The molecule has 1 aromatic heterocycles. The number of hydrogen-bond acceptors (Lipinski definition) is 2. The minimum Gasteiger partial charge on any atom is -0.324 e. The van der Waals surface area contributed by atoms with Gasteiger partial charge in [-0.25, -0.2) is 0 Å². The third-order valence-corrected chi connectivity index (χ3v) is 4.43. The molecule has 17 heavy (non-hydrogen) atoms. The fourth-order valence-electron chi connectivity index (χ4n) is 2.03. The minimum absolute atomic E-state index is 0.0827. The van der Waals surface area contributed by atoms with Crippen LogP contribution in [0.2, 0.25) is 0 Å². The van der Waals surface area contributed by atoms with Crippen LogP contribution in [0, 0.1) is 13.8 Å². The number of halogens is 1. The maximum atomic E-state index is 6.28. The molecule has 1 atom stereocenters. The van der Waals surface area contributed by atoms with E-state index in [2.05, 4.69) is 60.1 Å². The van der Waals surface area contributed by atoms with Gasteiger partial charge in [0.25, 0.3) is 0 Å². The highest BCUT2D eigenvalue weighted by molar-refractivity contribution is 9.11. The average molecular weight is 310 g/mol. The Hall–Kier alpha value is -0.640. The predicted molar refractivity (Wildman–Crippen MR) is 78.6 cm³/mol. The van der Waals surface area contributed by atoms with Gasteiger partial charge in [0.15, 0.2) is 0 Å². The van der Waals surface area contributed by atoms with E-state index in [0.29, 0.717) is 0 Å². The maximum absolute atomic E-state index is 6.28. The topological polar surface area (TPSA) is 26.0 Å². The van der Waals surface area contributed by atoms with Gasteiger partial charge < -0.3 is 5.73 Å². The maximum Gasteiger partial charge on any atom is 0.0704 e. The molecule has 0 amide bonds. The van der Waals surface area contributed by atoms with Gasteiger partial charge in [-0.1, -0.05) is 29.8 Å². The molecule has 0 saturated carbocycles. The molecule has 0 radical (unpaired) electrons. The molecular formula is C14H16BrNS. The van der Waals surface area contributed by atoms with E-state index >= 15 is 0 Å². The highest BCUT2D eigenvalue weighted by Crippen LogP contribution is 2.31. The van der Waals surface area contributed by atoms with Crippen molar-refractivity contribution >= 4 is 27.3 Å². The Kier molecular flexibility index (Phi) is 4.02. The quantitative estimate of drug-likeness (QED) is 0.895. The first kappa shape index (κ1) is 12.8. The van der Waals surface area contributed by atoms with Crippen molar-refractivity contribution in [1.29, 1.82) is 0 Å².